The summed E-state index contributed by atoms with van der Waals surface area (Å²) in [5.74, 6) is -0.102. The number of anilines is 1. The van der Waals surface area contributed by atoms with Crippen LogP contribution in [0.4, 0.5) is 10.3 Å². The smallest absolute Gasteiger partial charge is 0.201 e. The molecule has 0 radical (unpaired) electrons. The maximum atomic E-state index is 13.6. The van der Waals surface area contributed by atoms with E-state index in [-0.39, 0.29) is 5.02 Å². The fourth-order valence-corrected chi connectivity index (χ4v) is 2.16. The van der Waals surface area contributed by atoms with Gasteiger partial charge >= 0.3 is 0 Å². The van der Waals surface area contributed by atoms with Crippen LogP contribution in [-0.4, -0.2) is 48.3 Å². The normalized spacial score (nSPS) is 11.7. The topological polar surface area (TPSA) is 56.3 Å². The van der Waals surface area contributed by atoms with Gasteiger partial charge in [0, 0.05) is 32.8 Å². The Balaban J connectivity index is 2.17. The van der Waals surface area contributed by atoms with E-state index >= 15 is 0 Å². The number of benzene rings is 1. The minimum Gasteiger partial charge on any atom is -0.383 e. The maximum absolute atomic E-state index is 13.6. The van der Waals surface area contributed by atoms with Gasteiger partial charge in [0.15, 0.2) is 0 Å². The number of fused-ring (bicyclic) bond motifs is 1. The van der Waals surface area contributed by atoms with Crippen LogP contribution in [0.25, 0.3) is 11.0 Å². The fraction of sp³-hybridized carbons (Fsp3) is 0.462. The van der Waals surface area contributed by atoms with Crippen molar-refractivity contribution in [3.05, 3.63) is 23.0 Å². The summed E-state index contributed by atoms with van der Waals surface area (Å²) in [5, 5.41) is 0.0550. The Bertz CT molecular complexity index is 602. The van der Waals surface area contributed by atoms with E-state index in [1.807, 2.05) is 7.05 Å². The van der Waals surface area contributed by atoms with Gasteiger partial charge in [-0.05, 0) is 13.1 Å². The highest BCUT2D eigenvalue weighted by Gasteiger charge is 2.12. The predicted molar refractivity (Wildman–Crippen MR) is 78.5 cm³/mol. The van der Waals surface area contributed by atoms with Crippen LogP contribution < -0.4 is 5.73 Å². The highest BCUT2D eigenvalue weighted by molar-refractivity contribution is 6.31. The quantitative estimate of drug-likeness (QED) is 0.886. The van der Waals surface area contributed by atoms with Crippen LogP contribution in [0.1, 0.15) is 0 Å². The Hall–Kier alpha value is -1.37. The van der Waals surface area contributed by atoms with E-state index in [0.29, 0.717) is 30.1 Å². The van der Waals surface area contributed by atoms with Gasteiger partial charge in [0.2, 0.25) is 5.95 Å². The van der Waals surface area contributed by atoms with Crippen LogP contribution in [0.15, 0.2) is 12.1 Å². The maximum Gasteiger partial charge on any atom is 0.201 e. The molecule has 0 aliphatic heterocycles. The number of hydrogen-bond acceptors (Lipinski definition) is 4. The summed E-state index contributed by atoms with van der Waals surface area (Å²) in [6.07, 6.45) is 0. The number of hydrogen-bond donors (Lipinski definition) is 1. The van der Waals surface area contributed by atoms with Crippen molar-refractivity contribution in [3.63, 3.8) is 0 Å². The zero-order valence-corrected chi connectivity index (χ0v) is 12.3. The first-order chi connectivity index (χ1) is 9.52. The molecule has 2 rings (SSSR count). The molecule has 7 heteroatoms. The van der Waals surface area contributed by atoms with E-state index in [4.69, 9.17) is 22.1 Å². The number of rotatable bonds is 6. The number of imidazole rings is 1. The van der Waals surface area contributed by atoms with Gasteiger partial charge in [0.25, 0.3) is 0 Å². The molecule has 0 saturated heterocycles. The zero-order chi connectivity index (χ0) is 14.7. The summed E-state index contributed by atoms with van der Waals surface area (Å²) in [7, 11) is 3.66. The number of halogens is 2. The van der Waals surface area contributed by atoms with Crippen LogP contribution in [0.2, 0.25) is 5.02 Å². The molecular formula is C13H18ClFN4O. The van der Waals surface area contributed by atoms with Crippen LogP contribution in [-0.2, 0) is 11.3 Å². The summed E-state index contributed by atoms with van der Waals surface area (Å²) < 4.78 is 20.4. The Labute approximate surface area is 122 Å². The van der Waals surface area contributed by atoms with Crippen molar-refractivity contribution in [3.8, 4) is 0 Å². The van der Waals surface area contributed by atoms with Crippen molar-refractivity contribution in [1.29, 1.82) is 0 Å². The molecule has 0 fully saturated rings. The van der Waals surface area contributed by atoms with Crippen molar-refractivity contribution in [2.24, 2.45) is 0 Å². The summed E-state index contributed by atoms with van der Waals surface area (Å²) in [4.78, 5) is 6.31. The molecule has 0 spiro atoms. The van der Waals surface area contributed by atoms with Crippen molar-refractivity contribution in [2.45, 2.75) is 6.54 Å². The molecular weight excluding hydrogens is 283 g/mol. The molecule has 20 heavy (non-hydrogen) atoms. The molecule has 0 atom stereocenters. The standard InChI is InChI=1S/C13H18ClFN4O/c1-18(5-6-20-2)3-4-19-12-8-10(15)9(14)7-11(12)17-13(19)16/h7-8H,3-6H2,1-2H3,(H2,16,17). The van der Waals surface area contributed by atoms with Gasteiger partial charge in [-0.3, -0.25) is 0 Å². The van der Waals surface area contributed by atoms with Gasteiger partial charge < -0.3 is 19.9 Å². The minimum atomic E-state index is -0.465. The third kappa shape index (κ3) is 3.20. The number of methoxy groups -OCH3 is 1. The number of nitrogens with two attached hydrogens (primary N) is 1. The Morgan fingerprint density at radius 1 is 1.45 bits per heavy atom. The summed E-state index contributed by atoms with van der Waals surface area (Å²) in [6.45, 7) is 2.89. The van der Waals surface area contributed by atoms with Gasteiger partial charge in [-0.25, -0.2) is 9.37 Å². The molecule has 0 amide bonds. The fourth-order valence-electron chi connectivity index (χ4n) is 2.00. The number of nitrogen functional groups attached to an aromatic ring is 1. The molecule has 1 aromatic carbocycles. The highest BCUT2D eigenvalue weighted by atomic mass is 35.5. The molecule has 0 aliphatic carbocycles. The Kier molecular flexibility index (Phi) is 4.80. The monoisotopic (exact) mass is 300 g/mol. The predicted octanol–water partition coefficient (Wildman–Crippen LogP) is 1.99. The molecule has 1 heterocycles. The Morgan fingerprint density at radius 3 is 2.90 bits per heavy atom. The van der Waals surface area contributed by atoms with Gasteiger partial charge in [0.05, 0.1) is 22.7 Å². The second-order valence-corrected chi connectivity index (χ2v) is 5.08. The lowest BCUT2D eigenvalue weighted by Crippen LogP contribution is -2.27. The van der Waals surface area contributed by atoms with Crippen molar-refractivity contribution >= 4 is 28.6 Å². The van der Waals surface area contributed by atoms with E-state index in [1.54, 1.807) is 11.7 Å². The van der Waals surface area contributed by atoms with Crippen molar-refractivity contribution in [1.82, 2.24) is 14.5 Å². The summed E-state index contributed by atoms with van der Waals surface area (Å²) >= 11 is 5.75. The third-order valence-corrected chi connectivity index (χ3v) is 3.49. The highest BCUT2D eigenvalue weighted by Crippen LogP contribution is 2.24. The lowest BCUT2D eigenvalue weighted by Gasteiger charge is -2.17. The molecule has 2 N–H and O–H groups in total. The number of aromatic nitrogens is 2. The second-order valence-electron chi connectivity index (χ2n) is 4.67. The molecule has 2 aromatic rings. The average Bonchev–Trinajstić information content (AvgIpc) is 2.70. The molecule has 1 aromatic heterocycles. The SMILES string of the molecule is COCCN(C)CCn1c(N)nc2cc(Cl)c(F)cc21. The van der Waals surface area contributed by atoms with E-state index in [9.17, 15) is 4.39 Å². The number of ether oxygens (including phenoxy) is 1. The van der Waals surface area contributed by atoms with E-state index < -0.39 is 5.82 Å². The van der Waals surface area contributed by atoms with Gasteiger partial charge in [-0.1, -0.05) is 11.6 Å². The molecule has 0 saturated carbocycles. The first kappa shape index (κ1) is 15.0. The molecule has 5 nitrogen and oxygen atoms in total. The second kappa shape index (κ2) is 6.39. The molecule has 0 unspecified atom stereocenters. The first-order valence-corrected chi connectivity index (χ1v) is 6.69. The van der Waals surface area contributed by atoms with E-state index in [0.717, 1.165) is 13.1 Å². The van der Waals surface area contributed by atoms with Crippen LogP contribution in [0, 0.1) is 5.82 Å². The van der Waals surface area contributed by atoms with E-state index in [1.165, 1.54) is 12.1 Å². The summed E-state index contributed by atoms with van der Waals surface area (Å²) in [6, 6.07) is 2.86. The molecule has 0 aliphatic rings. The lowest BCUT2D eigenvalue weighted by molar-refractivity contribution is 0.159. The largest absolute Gasteiger partial charge is 0.383 e. The van der Waals surface area contributed by atoms with Crippen LogP contribution >= 0.6 is 11.6 Å². The zero-order valence-electron chi connectivity index (χ0n) is 11.6. The van der Waals surface area contributed by atoms with E-state index in [2.05, 4.69) is 9.88 Å². The van der Waals surface area contributed by atoms with Crippen LogP contribution in [0.5, 0.6) is 0 Å². The third-order valence-electron chi connectivity index (χ3n) is 3.20. The summed E-state index contributed by atoms with van der Waals surface area (Å²) in [5.41, 5.74) is 7.14. The molecule has 110 valence electrons. The molecule has 0 bridgehead atoms. The van der Waals surface area contributed by atoms with Gasteiger partial charge in [0.1, 0.15) is 5.82 Å². The van der Waals surface area contributed by atoms with Gasteiger partial charge in [-0.2, -0.15) is 0 Å². The van der Waals surface area contributed by atoms with Crippen molar-refractivity contribution in [2.75, 3.05) is 39.6 Å². The lowest BCUT2D eigenvalue weighted by atomic mass is 10.3. The minimum absolute atomic E-state index is 0.0550. The Morgan fingerprint density at radius 2 is 2.20 bits per heavy atom. The van der Waals surface area contributed by atoms with Crippen LogP contribution in [0.3, 0.4) is 0 Å². The first-order valence-electron chi connectivity index (χ1n) is 6.31. The number of likely N-dealkylation sites (N-methyl/N-ethyl adjacent to an activating group) is 1. The van der Waals surface area contributed by atoms with Gasteiger partial charge in [-0.15, -0.1) is 0 Å². The number of nitrogens with zero attached hydrogens (tertiary/aromatic N) is 3. The average molecular weight is 301 g/mol. The van der Waals surface area contributed by atoms with Crippen molar-refractivity contribution < 1.29 is 9.13 Å².